The molecule has 0 aromatic carbocycles. The Hall–Kier alpha value is -0.780. The van der Waals surface area contributed by atoms with Gasteiger partial charge in [0.15, 0.2) is 0 Å². The highest BCUT2D eigenvalue weighted by atomic mass is 79.9. The van der Waals surface area contributed by atoms with Gasteiger partial charge in [-0.1, -0.05) is 28.8 Å². The molecule has 1 atom stereocenters. The lowest BCUT2D eigenvalue weighted by Gasteiger charge is -2.34. The van der Waals surface area contributed by atoms with Crippen molar-refractivity contribution in [3.63, 3.8) is 0 Å². The molecule has 2 amide bonds. The Morgan fingerprint density at radius 2 is 1.90 bits per heavy atom. The third-order valence-electron chi connectivity index (χ3n) is 3.54. The molecule has 0 aromatic rings. The van der Waals surface area contributed by atoms with E-state index in [-0.39, 0.29) is 11.9 Å². The summed E-state index contributed by atoms with van der Waals surface area (Å²) in [6, 6.07) is 0.260. The first-order chi connectivity index (χ1) is 9.74. The van der Waals surface area contributed by atoms with Gasteiger partial charge in [0, 0.05) is 18.6 Å². The van der Waals surface area contributed by atoms with Crippen molar-refractivity contribution in [1.29, 1.82) is 0 Å². The van der Waals surface area contributed by atoms with Crippen LogP contribution in [0.4, 0.5) is 4.79 Å². The molecule has 0 spiro atoms. The summed E-state index contributed by atoms with van der Waals surface area (Å²) < 4.78 is 5.22. The molecule has 0 saturated heterocycles. The van der Waals surface area contributed by atoms with E-state index in [1.165, 1.54) is 12.8 Å². The molecule has 122 valence electrons. The van der Waals surface area contributed by atoms with Crippen LogP contribution >= 0.6 is 15.9 Å². The standard InChI is InChI=1S/C15H27BrN2O3/c1-11(10-17-14(20)21-15(2,3)4)18(13(19)9-16)12-7-5-6-8-12/h11-12H,5-10H2,1-4H3,(H,17,20)/t11-/m0/s1. The molecular formula is C15H27BrN2O3. The first kappa shape index (κ1) is 18.3. The van der Waals surface area contributed by atoms with Gasteiger partial charge in [-0.25, -0.2) is 4.79 Å². The number of nitrogens with one attached hydrogen (secondary N) is 1. The number of rotatable bonds is 5. The fourth-order valence-corrected chi connectivity index (χ4v) is 2.99. The van der Waals surface area contributed by atoms with Crippen LogP contribution in [0.5, 0.6) is 0 Å². The van der Waals surface area contributed by atoms with Crippen LogP contribution in [0.3, 0.4) is 0 Å². The van der Waals surface area contributed by atoms with Crippen molar-refractivity contribution in [3.8, 4) is 0 Å². The maximum absolute atomic E-state index is 12.1. The second kappa shape index (κ2) is 8.01. The lowest BCUT2D eigenvalue weighted by atomic mass is 10.1. The average Bonchev–Trinajstić information content (AvgIpc) is 2.88. The molecule has 0 radical (unpaired) electrons. The Morgan fingerprint density at radius 1 is 1.33 bits per heavy atom. The summed E-state index contributed by atoms with van der Waals surface area (Å²) >= 11 is 3.25. The summed E-state index contributed by atoms with van der Waals surface area (Å²) in [6.07, 6.45) is 4.00. The van der Waals surface area contributed by atoms with Crippen LogP contribution in [0.1, 0.15) is 53.4 Å². The van der Waals surface area contributed by atoms with Crippen molar-refractivity contribution in [3.05, 3.63) is 0 Å². The minimum Gasteiger partial charge on any atom is -0.444 e. The predicted molar refractivity (Wildman–Crippen MR) is 86.6 cm³/mol. The number of amides is 2. The van der Waals surface area contributed by atoms with Gasteiger partial charge in [-0.3, -0.25) is 4.79 Å². The fourth-order valence-electron chi connectivity index (χ4n) is 2.70. The predicted octanol–water partition coefficient (Wildman–Crippen LogP) is 3.07. The van der Waals surface area contributed by atoms with Crippen molar-refractivity contribution in [1.82, 2.24) is 10.2 Å². The molecule has 0 aromatic heterocycles. The van der Waals surface area contributed by atoms with Gasteiger partial charge < -0.3 is 15.0 Å². The van der Waals surface area contributed by atoms with Gasteiger partial charge >= 0.3 is 6.09 Å². The van der Waals surface area contributed by atoms with Crippen molar-refractivity contribution < 1.29 is 14.3 Å². The summed E-state index contributed by atoms with van der Waals surface area (Å²) in [7, 11) is 0. The molecule has 1 aliphatic carbocycles. The highest BCUT2D eigenvalue weighted by Crippen LogP contribution is 2.25. The number of nitrogens with zero attached hydrogens (tertiary/aromatic N) is 1. The summed E-state index contributed by atoms with van der Waals surface area (Å²) in [4.78, 5) is 25.8. The molecule has 6 heteroatoms. The van der Waals surface area contributed by atoms with Crippen LogP contribution in [-0.2, 0) is 9.53 Å². The molecule has 0 heterocycles. The van der Waals surface area contributed by atoms with Crippen molar-refractivity contribution in [2.75, 3.05) is 11.9 Å². The minimum atomic E-state index is -0.510. The topological polar surface area (TPSA) is 58.6 Å². The van der Waals surface area contributed by atoms with Crippen LogP contribution in [-0.4, -0.2) is 46.5 Å². The Labute approximate surface area is 135 Å². The van der Waals surface area contributed by atoms with Gasteiger partial charge in [-0.15, -0.1) is 0 Å². The Kier molecular flexibility index (Phi) is 6.97. The first-order valence-electron chi connectivity index (χ1n) is 7.58. The summed E-state index contributed by atoms with van der Waals surface area (Å²) in [5, 5.41) is 3.07. The Morgan fingerprint density at radius 3 is 2.38 bits per heavy atom. The van der Waals surface area contributed by atoms with Crippen molar-refractivity contribution in [2.24, 2.45) is 0 Å². The molecule has 0 unspecified atom stereocenters. The smallest absolute Gasteiger partial charge is 0.407 e. The van der Waals surface area contributed by atoms with Gasteiger partial charge in [0.2, 0.25) is 5.91 Å². The SMILES string of the molecule is C[C@@H](CNC(=O)OC(C)(C)C)N(C(=O)CBr)C1CCCC1. The van der Waals surface area contributed by atoms with Gasteiger partial charge in [0.25, 0.3) is 0 Å². The van der Waals surface area contributed by atoms with Crippen molar-refractivity contribution >= 4 is 27.9 Å². The van der Waals surface area contributed by atoms with E-state index < -0.39 is 11.7 Å². The molecular weight excluding hydrogens is 336 g/mol. The molecule has 1 N–H and O–H groups in total. The van der Waals surface area contributed by atoms with E-state index in [1.807, 2.05) is 32.6 Å². The molecule has 0 bridgehead atoms. The van der Waals surface area contributed by atoms with E-state index in [9.17, 15) is 9.59 Å². The van der Waals surface area contributed by atoms with E-state index in [1.54, 1.807) is 0 Å². The Bertz CT molecular complexity index is 362. The zero-order valence-corrected chi connectivity index (χ0v) is 15.0. The van der Waals surface area contributed by atoms with E-state index in [4.69, 9.17) is 4.74 Å². The maximum atomic E-state index is 12.1. The first-order valence-corrected chi connectivity index (χ1v) is 8.70. The number of hydrogen-bond acceptors (Lipinski definition) is 3. The van der Waals surface area contributed by atoms with Crippen molar-refractivity contribution in [2.45, 2.75) is 71.1 Å². The minimum absolute atomic E-state index is 0.0364. The molecule has 1 rings (SSSR count). The third-order valence-corrected chi connectivity index (χ3v) is 4.02. The number of halogens is 1. The van der Waals surface area contributed by atoms with Crippen LogP contribution in [0.2, 0.25) is 0 Å². The number of hydrogen-bond donors (Lipinski definition) is 1. The van der Waals surface area contributed by atoms with Gasteiger partial charge in [0.1, 0.15) is 5.60 Å². The highest BCUT2D eigenvalue weighted by Gasteiger charge is 2.30. The van der Waals surface area contributed by atoms with E-state index in [0.717, 1.165) is 12.8 Å². The average molecular weight is 363 g/mol. The lowest BCUT2D eigenvalue weighted by Crippen LogP contribution is -2.50. The lowest BCUT2D eigenvalue weighted by molar-refractivity contribution is -0.132. The summed E-state index contributed by atoms with van der Waals surface area (Å²) in [5.74, 6) is 0.0837. The third kappa shape index (κ3) is 6.24. The van der Waals surface area contributed by atoms with Crippen LogP contribution in [0, 0.1) is 0 Å². The molecule has 21 heavy (non-hydrogen) atoms. The van der Waals surface area contributed by atoms with Crippen LogP contribution < -0.4 is 5.32 Å². The normalized spacial score (nSPS) is 17.4. The quantitative estimate of drug-likeness (QED) is 0.764. The molecule has 5 nitrogen and oxygen atoms in total. The van der Waals surface area contributed by atoms with Gasteiger partial charge in [-0.05, 0) is 40.5 Å². The molecule has 1 aliphatic rings. The fraction of sp³-hybridized carbons (Fsp3) is 0.867. The van der Waals surface area contributed by atoms with E-state index >= 15 is 0 Å². The number of alkyl carbamates (subject to hydrolysis) is 1. The maximum Gasteiger partial charge on any atom is 0.407 e. The Balaban J connectivity index is 2.54. The second-order valence-corrected chi connectivity index (χ2v) is 7.17. The zero-order chi connectivity index (χ0) is 16.0. The monoisotopic (exact) mass is 362 g/mol. The largest absolute Gasteiger partial charge is 0.444 e. The van der Waals surface area contributed by atoms with Crippen LogP contribution in [0.15, 0.2) is 0 Å². The van der Waals surface area contributed by atoms with Gasteiger partial charge in [-0.2, -0.15) is 0 Å². The summed E-state index contributed by atoms with van der Waals surface area (Å²) in [5.41, 5.74) is -0.510. The second-order valence-electron chi connectivity index (χ2n) is 6.60. The number of carbonyl (C=O) groups excluding carboxylic acids is 2. The number of alkyl halides is 1. The molecule has 1 saturated carbocycles. The highest BCUT2D eigenvalue weighted by molar-refractivity contribution is 9.09. The number of ether oxygens (including phenoxy) is 1. The number of carbonyl (C=O) groups is 2. The molecule has 0 aliphatic heterocycles. The molecule has 1 fully saturated rings. The zero-order valence-electron chi connectivity index (χ0n) is 13.4. The van der Waals surface area contributed by atoms with Gasteiger partial charge in [0.05, 0.1) is 5.33 Å². The van der Waals surface area contributed by atoms with Crippen LogP contribution in [0.25, 0.3) is 0 Å². The van der Waals surface area contributed by atoms with E-state index in [2.05, 4.69) is 21.2 Å². The van der Waals surface area contributed by atoms with E-state index in [0.29, 0.717) is 17.9 Å². The summed E-state index contributed by atoms with van der Waals surface area (Å²) in [6.45, 7) is 7.86.